The van der Waals surface area contributed by atoms with E-state index in [-0.39, 0.29) is 10.5 Å². The Balaban J connectivity index is 2.51. The van der Waals surface area contributed by atoms with E-state index >= 15 is 0 Å². The Hall–Kier alpha value is -2.87. The predicted molar refractivity (Wildman–Crippen MR) is 73.9 cm³/mol. The zero-order chi connectivity index (χ0) is 16.3. The van der Waals surface area contributed by atoms with Gasteiger partial charge in [0.1, 0.15) is 5.76 Å². The van der Waals surface area contributed by atoms with E-state index < -0.39 is 32.4 Å². The second-order valence-electron chi connectivity index (χ2n) is 4.14. The first kappa shape index (κ1) is 15.5. The molecule has 0 atom stereocenters. The average Bonchev–Trinajstić information content (AvgIpc) is 2.98. The summed E-state index contributed by atoms with van der Waals surface area (Å²) in [6.45, 7) is 0. The highest BCUT2D eigenvalue weighted by atomic mass is 32.2. The minimum atomic E-state index is -4.05. The van der Waals surface area contributed by atoms with E-state index in [2.05, 4.69) is 0 Å². The highest BCUT2D eigenvalue weighted by Crippen LogP contribution is 2.28. The SMILES string of the molecule is O=C(O)C(=O)C=C(O)c1ccoc1S(=O)(=O)c1ccccc1. The first-order valence-electron chi connectivity index (χ1n) is 5.90. The molecule has 1 heterocycles. The lowest BCUT2D eigenvalue weighted by Crippen LogP contribution is -2.10. The van der Waals surface area contributed by atoms with Crippen molar-refractivity contribution in [3.05, 3.63) is 54.3 Å². The molecule has 0 saturated carbocycles. The van der Waals surface area contributed by atoms with Gasteiger partial charge >= 0.3 is 5.97 Å². The fourth-order valence-corrected chi connectivity index (χ4v) is 3.04. The first-order valence-corrected chi connectivity index (χ1v) is 7.38. The molecular weight excluding hydrogens is 312 g/mol. The Morgan fingerprint density at radius 2 is 1.68 bits per heavy atom. The van der Waals surface area contributed by atoms with Gasteiger partial charge in [0, 0.05) is 6.08 Å². The van der Waals surface area contributed by atoms with Crippen LogP contribution in [-0.2, 0) is 19.4 Å². The molecule has 0 aliphatic carbocycles. The summed E-state index contributed by atoms with van der Waals surface area (Å²) >= 11 is 0. The van der Waals surface area contributed by atoms with Gasteiger partial charge in [0.25, 0.3) is 5.78 Å². The zero-order valence-electron chi connectivity index (χ0n) is 11.0. The van der Waals surface area contributed by atoms with Gasteiger partial charge in [-0.25, -0.2) is 13.2 Å². The van der Waals surface area contributed by atoms with Crippen molar-refractivity contribution >= 4 is 27.3 Å². The van der Waals surface area contributed by atoms with E-state index in [0.717, 1.165) is 12.3 Å². The first-order chi connectivity index (χ1) is 10.3. The van der Waals surface area contributed by atoms with Gasteiger partial charge < -0.3 is 14.6 Å². The minimum Gasteiger partial charge on any atom is -0.507 e. The number of hydrogen-bond acceptors (Lipinski definition) is 6. The Labute approximate surface area is 125 Å². The highest BCUT2D eigenvalue weighted by molar-refractivity contribution is 7.91. The molecule has 0 saturated heterocycles. The maximum atomic E-state index is 12.4. The number of aliphatic hydroxyl groups is 1. The summed E-state index contributed by atoms with van der Waals surface area (Å²) in [5, 5.41) is 17.7. The molecule has 114 valence electrons. The number of ketones is 1. The molecule has 0 amide bonds. The lowest BCUT2D eigenvalue weighted by Gasteiger charge is -2.04. The number of carboxylic acids is 1. The number of sulfone groups is 1. The summed E-state index contributed by atoms with van der Waals surface area (Å²) in [7, 11) is -4.05. The van der Waals surface area contributed by atoms with Crippen LogP contribution in [0.4, 0.5) is 0 Å². The van der Waals surface area contributed by atoms with Crippen LogP contribution in [0.25, 0.3) is 5.76 Å². The minimum absolute atomic E-state index is 0.0661. The van der Waals surface area contributed by atoms with Gasteiger partial charge in [0.05, 0.1) is 16.7 Å². The molecule has 0 bridgehead atoms. The molecule has 2 aromatic rings. The van der Waals surface area contributed by atoms with Gasteiger partial charge in [0.2, 0.25) is 14.9 Å². The number of aliphatic hydroxyl groups excluding tert-OH is 1. The van der Waals surface area contributed by atoms with Crippen LogP contribution in [-0.4, -0.2) is 30.4 Å². The monoisotopic (exact) mass is 322 g/mol. The van der Waals surface area contributed by atoms with Gasteiger partial charge in [-0.2, -0.15) is 0 Å². The summed E-state index contributed by atoms with van der Waals surface area (Å²) in [5.41, 5.74) is -0.293. The number of carbonyl (C=O) groups is 2. The third kappa shape index (κ3) is 2.91. The predicted octanol–water partition coefficient (Wildman–Crippen LogP) is 1.67. The largest absolute Gasteiger partial charge is 0.507 e. The third-order valence-electron chi connectivity index (χ3n) is 2.68. The summed E-state index contributed by atoms with van der Waals surface area (Å²) in [6, 6.07) is 8.45. The number of carbonyl (C=O) groups excluding carboxylic acids is 1. The smallest absolute Gasteiger partial charge is 0.376 e. The normalized spacial score (nSPS) is 12.1. The Morgan fingerprint density at radius 3 is 2.27 bits per heavy atom. The summed E-state index contributed by atoms with van der Waals surface area (Å²) in [4.78, 5) is 21.5. The number of carboxylic acid groups (broad SMARTS) is 1. The van der Waals surface area contributed by atoms with Gasteiger partial charge in [-0.05, 0) is 18.2 Å². The second-order valence-corrected chi connectivity index (χ2v) is 5.99. The molecule has 0 spiro atoms. The number of furan rings is 1. The summed E-state index contributed by atoms with van der Waals surface area (Å²) in [5.74, 6) is -3.97. The fourth-order valence-electron chi connectivity index (χ4n) is 1.66. The molecule has 0 aliphatic heterocycles. The third-order valence-corrected chi connectivity index (χ3v) is 4.38. The van der Waals surface area contributed by atoms with Crippen molar-refractivity contribution in [2.24, 2.45) is 0 Å². The van der Waals surface area contributed by atoms with Crippen LogP contribution in [0.5, 0.6) is 0 Å². The van der Waals surface area contributed by atoms with Crippen LogP contribution in [0.15, 0.2) is 63.1 Å². The van der Waals surface area contributed by atoms with Crippen molar-refractivity contribution in [2.45, 2.75) is 9.99 Å². The molecule has 0 fully saturated rings. The van der Waals surface area contributed by atoms with Crippen LogP contribution >= 0.6 is 0 Å². The quantitative estimate of drug-likeness (QED) is 0.487. The Morgan fingerprint density at radius 1 is 1.05 bits per heavy atom. The number of rotatable bonds is 5. The number of hydrogen-bond donors (Lipinski definition) is 2. The van der Waals surface area contributed by atoms with Gasteiger partial charge in [-0.15, -0.1) is 0 Å². The summed E-state index contributed by atoms with van der Waals surface area (Å²) in [6.07, 6.45) is 1.43. The van der Waals surface area contributed by atoms with Crippen molar-refractivity contribution in [3.63, 3.8) is 0 Å². The number of aliphatic carboxylic acids is 1. The molecule has 2 rings (SSSR count). The van der Waals surface area contributed by atoms with E-state index in [9.17, 15) is 23.1 Å². The molecule has 8 heteroatoms. The van der Waals surface area contributed by atoms with Crippen LogP contribution < -0.4 is 0 Å². The van der Waals surface area contributed by atoms with Gasteiger partial charge in [-0.3, -0.25) is 4.79 Å². The molecule has 22 heavy (non-hydrogen) atoms. The molecule has 1 aromatic carbocycles. The zero-order valence-corrected chi connectivity index (χ0v) is 11.8. The fraction of sp³-hybridized carbons (Fsp3) is 0. The van der Waals surface area contributed by atoms with Crippen molar-refractivity contribution < 1.29 is 32.6 Å². The van der Waals surface area contributed by atoms with E-state index in [1.54, 1.807) is 6.07 Å². The van der Waals surface area contributed by atoms with Crippen LogP contribution in [0.3, 0.4) is 0 Å². The van der Waals surface area contributed by atoms with E-state index in [0.29, 0.717) is 6.08 Å². The highest BCUT2D eigenvalue weighted by Gasteiger charge is 2.27. The lowest BCUT2D eigenvalue weighted by atomic mass is 10.2. The maximum absolute atomic E-state index is 12.4. The average molecular weight is 322 g/mol. The second kappa shape index (κ2) is 5.86. The van der Waals surface area contributed by atoms with Crippen molar-refractivity contribution in [1.29, 1.82) is 0 Å². The van der Waals surface area contributed by atoms with Gasteiger partial charge in [-0.1, -0.05) is 18.2 Å². The molecule has 0 unspecified atom stereocenters. The van der Waals surface area contributed by atoms with E-state index in [1.807, 2.05) is 0 Å². The topological polar surface area (TPSA) is 122 Å². The van der Waals surface area contributed by atoms with Crippen LogP contribution in [0, 0.1) is 0 Å². The van der Waals surface area contributed by atoms with Crippen molar-refractivity contribution in [1.82, 2.24) is 0 Å². The molecule has 2 N–H and O–H groups in total. The Kier molecular flexibility index (Phi) is 4.13. The van der Waals surface area contributed by atoms with E-state index in [4.69, 9.17) is 9.52 Å². The molecular formula is C14H10O7S. The van der Waals surface area contributed by atoms with Crippen molar-refractivity contribution in [3.8, 4) is 0 Å². The van der Waals surface area contributed by atoms with Crippen LogP contribution in [0.2, 0.25) is 0 Å². The van der Waals surface area contributed by atoms with Gasteiger partial charge in [0.15, 0.2) is 0 Å². The maximum Gasteiger partial charge on any atom is 0.376 e. The molecule has 0 aliphatic rings. The lowest BCUT2D eigenvalue weighted by molar-refractivity contribution is -0.146. The van der Waals surface area contributed by atoms with Crippen LogP contribution in [0.1, 0.15) is 5.56 Å². The van der Waals surface area contributed by atoms with E-state index in [1.165, 1.54) is 24.3 Å². The molecule has 0 radical (unpaired) electrons. The Bertz CT molecular complexity index is 844. The summed E-state index contributed by atoms with van der Waals surface area (Å²) < 4.78 is 29.7. The molecule has 7 nitrogen and oxygen atoms in total. The number of benzene rings is 1. The molecule has 1 aromatic heterocycles. The van der Waals surface area contributed by atoms with Crippen molar-refractivity contribution in [2.75, 3.05) is 0 Å². The standard InChI is InChI=1S/C14H10O7S/c15-11(8-12(16)13(17)18)10-6-7-21-14(10)22(19,20)9-4-2-1-3-5-9/h1-8,15H,(H,17,18).